The van der Waals surface area contributed by atoms with Crippen molar-refractivity contribution in [3.05, 3.63) is 29.8 Å². The molecule has 3 aliphatic rings. The number of benzene rings is 1. The molecule has 4 rings (SSSR count). The zero-order valence-corrected chi connectivity index (χ0v) is 15.5. The largest absolute Gasteiger partial charge is 0.370 e. The van der Waals surface area contributed by atoms with Crippen LogP contribution in [-0.4, -0.2) is 49.7 Å². The third-order valence-electron chi connectivity index (χ3n) is 6.12. The third-order valence-corrected chi connectivity index (χ3v) is 6.12. The Bertz CT molecular complexity index is 639. The number of carbonyl (C=O) groups excluding carboxylic acids is 1. The molecule has 1 aromatic carbocycles. The van der Waals surface area contributed by atoms with Gasteiger partial charge in [-0.3, -0.25) is 4.79 Å². The van der Waals surface area contributed by atoms with Crippen LogP contribution in [-0.2, 0) is 14.9 Å². The van der Waals surface area contributed by atoms with Crippen LogP contribution in [0, 0.1) is 5.92 Å². The van der Waals surface area contributed by atoms with Crippen molar-refractivity contribution >= 4 is 11.6 Å². The Morgan fingerprint density at radius 1 is 1.28 bits per heavy atom. The van der Waals surface area contributed by atoms with Gasteiger partial charge in [-0.25, -0.2) is 0 Å². The van der Waals surface area contributed by atoms with E-state index in [2.05, 4.69) is 43.0 Å². The molecule has 0 aromatic heterocycles. The molecule has 136 valence electrons. The highest BCUT2D eigenvalue weighted by Crippen LogP contribution is 2.47. The van der Waals surface area contributed by atoms with Crippen molar-refractivity contribution in [1.29, 1.82) is 0 Å². The summed E-state index contributed by atoms with van der Waals surface area (Å²) in [6, 6.07) is 8.74. The van der Waals surface area contributed by atoms with Gasteiger partial charge in [0.15, 0.2) is 0 Å². The van der Waals surface area contributed by atoms with Crippen molar-refractivity contribution in [2.45, 2.75) is 51.0 Å². The van der Waals surface area contributed by atoms with E-state index in [4.69, 9.17) is 4.74 Å². The Kier molecular flexibility index (Phi) is 4.48. The predicted octanol–water partition coefficient (Wildman–Crippen LogP) is 3.20. The van der Waals surface area contributed by atoms with Crippen molar-refractivity contribution in [1.82, 2.24) is 4.90 Å². The van der Waals surface area contributed by atoms with Crippen molar-refractivity contribution < 1.29 is 9.53 Å². The molecular weight excluding hydrogens is 312 g/mol. The van der Waals surface area contributed by atoms with Crippen LogP contribution in [0.3, 0.4) is 0 Å². The number of anilines is 1. The quantitative estimate of drug-likeness (QED) is 0.842. The maximum absolute atomic E-state index is 12.8. The van der Waals surface area contributed by atoms with Gasteiger partial charge in [-0.1, -0.05) is 32.0 Å². The summed E-state index contributed by atoms with van der Waals surface area (Å²) in [5.41, 5.74) is 2.73. The highest BCUT2D eigenvalue weighted by molar-refractivity contribution is 5.82. The van der Waals surface area contributed by atoms with E-state index in [9.17, 15) is 4.79 Å². The van der Waals surface area contributed by atoms with Gasteiger partial charge in [0.05, 0.1) is 6.61 Å². The highest BCUT2D eigenvalue weighted by atomic mass is 16.5. The number of para-hydroxylation sites is 1. The van der Waals surface area contributed by atoms with E-state index in [1.54, 1.807) is 0 Å². The lowest BCUT2D eigenvalue weighted by atomic mass is 9.80. The highest BCUT2D eigenvalue weighted by Gasteiger charge is 2.50. The van der Waals surface area contributed by atoms with Gasteiger partial charge in [-0.15, -0.1) is 0 Å². The molecule has 1 amide bonds. The number of rotatable bonds is 4. The minimum atomic E-state index is -0.254. The number of nitrogens with zero attached hydrogens (tertiary/aromatic N) is 2. The first-order valence-electron chi connectivity index (χ1n) is 9.84. The fraction of sp³-hybridized carbons (Fsp3) is 0.667. The number of likely N-dealkylation sites (tertiary alicyclic amines) is 1. The summed E-state index contributed by atoms with van der Waals surface area (Å²) in [4.78, 5) is 17.3. The number of amides is 1. The summed E-state index contributed by atoms with van der Waals surface area (Å²) in [6.45, 7) is 9.12. The smallest absolute Gasteiger partial charge is 0.251 e. The number of hydrogen-bond donors (Lipinski definition) is 0. The molecule has 2 fully saturated rings. The van der Waals surface area contributed by atoms with Crippen LogP contribution in [0.4, 0.5) is 5.69 Å². The van der Waals surface area contributed by atoms with Crippen molar-refractivity contribution in [3.63, 3.8) is 0 Å². The van der Waals surface area contributed by atoms with Crippen LogP contribution in [0.1, 0.15) is 45.1 Å². The Hall–Kier alpha value is -1.55. The maximum Gasteiger partial charge on any atom is 0.251 e. The summed E-state index contributed by atoms with van der Waals surface area (Å²) in [5, 5.41) is 0. The van der Waals surface area contributed by atoms with Crippen LogP contribution in [0.25, 0.3) is 0 Å². The molecule has 4 heteroatoms. The predicted molar refractivity (Wildman–Crippen MR) is 100.0 cm³/mol. The van der Waals surface area contributed by atoms with Gasteiger partial charge < -0.3 is 14.5 Å². The summed E-state index contributed by atoms with van der Waals surface area (Å²) >= 11 is 0. The van der Waals surface area contributed by atoms with Crippen LogP contribution in [0.5, 0.6) is 0 Å². The van der Waals surface area contributed by atoms with Gasteiger partial charge in [0, 0.05) is 37.3 Å². The molecule has 4 nitrogen and oxygen atoms in total. The van der Waals surface area contributed by atoms with Gasteiger partial charge in [0.25, 0.3) is 5.91 Å². The zero-order valence-electron chi connectivity index (χ0n) is 15.5. The van der Waals surface area contributed by atoms with E-state index < -0.39 is 0 Å². The van der Waals surface area contributed by atoms with E-state index in [-0.39, 0.29) is 17.4 Å². The fourth-order valence-corrected chi connectivity index (χ4v) is 4.68. The van der Waals surface area contributed by atoms with E-state index in [0.29, 0.717) is 12.5 Å². The first kappa shape index (κ1) is 16.9. The van der Waals surface area contributed by atoms with Gasteiger partial charge in [0.1, 0.15) is 6.10 Å². The Morgan fingerprint density at radius 3 is 2.80 bits per heavy atom. The molecule has 25 heavy (non-hydrogen) atoms. The normalized spacial score (nSPS) is 28.4. The SMILES string of the molecule is CC(C)CCN1C[C@]2(CO[C@H](C(=O)N3CCCC3)C2)c2ccccc21. The summed E-state index contributed by atoms with van der Waals surface area (Å²) < 4.78 is 6.08. The molecule has 2 atom stereocenters. The molecule has 0 radical (unpaired) electrons. The number of ether oxygens (including phenoxy) is 1. The van der Waals surface area contributed by atoms with E-state index >= 15 is 0 Å². The van der Waals surface area contributed by atoms with E-state index in [0.717, 1.165) is 45.4 Å². The van der Waals surface area contributed by atoms with Crippen LogP contribution < -0.4 is 4.90 Å². The molecule has 0 saturated carbocycles. The Labute approximate surface area is 151 Å². The van der Waals surface area contributed by atoms with Crippen LogP contribution >= 0.6 is 0 Å². The first-order valence-corrected chi connectivity index (χ1v) is 9.84. The third kappa shape index (κ3) is 3.05. The van der Waals surface area contributed by atoms with Crippen LogP contribution in [0.2, 0.25) is 0 Å². The summed E-state index contributed by atoms with van der Waals surface area (Å²) in [7, 11) is 0. The molecule has 0 unspecified atom stereocenters. The number of hydrogen-bond acceptors (Lipinski definition) is 3. The zero-order chi connectivity index (χ0) is 17.4. The van der Waals surface area contributed by atoms with E-state index in [1.807, 2.05) is 4.90 Å². The molecule has 0 bridgehead atoms. The first-order chi connectivity index (χ1) is 12.1. The maximum atomic E-state index is 12.8. The molecule has 3 heterocycles. The minimum Gasteiger partial charge on any atom is -0.370 e. The molecule has 3 aliphatic heterocycles. The molecule has 0 aliphatic carbocycles. The second-order valence-corrected chi connectivity index (χ2v) is 8.44. The Morgan fingerprint density at radius 2 is 2.04 bits per heavy atom. The van der Waals surface area contributed by atoms with E-state index in [1.165, 1.54) is 17.7 Å². The lowest BCUT2D eigenvalue weighted by Gasteiger charge is -2.25. The fourth-order valence-electron chi connectivity index (χ4n) is 4.68. The van der Waals surface area contributed by atoms with Gasteiger partial charge in [0.2, 0.25) is 0 Å². The number of carbonyl (C=O) groups is 1. The minimum absolute atomic E-state index is 0.00633. The summed E-state index contributed by atoms with van der Waals surface area (Å²) in [5.74, 6) is 0.917. The van der Waals surface area contributed by atoms with Crippen molar-refractivity contribution in [3.8, 4) is 0 Å². The average Bonchev–Trinajstić information content (AvgIpc) is 3.34. The van der Waals surface area contributed by atoms with Crippen molar-refractivity contribution in [2.75, 3.05) is 37.7 Å². The summed E-state index contributed by atoms with van der Waals surface area (Å²) in [6.07, 6.45) is 4.04. The molecular formula is C21H30N2O2. The lowest BCUT2D eigenvalue weighted by Crippen LogP contribution is -2.39. The van der Waals surface area contributed by atoms with Gasteiger partial charge >= 0.3 is 0 Å². The monoisotopic (exact) mass is 342 g/mol. The lowest BCUT2D eigenvalue weighted by molar-refractivity contribution is -0.139. The standard InChI is InChI=1S/C21H30N2O2/c1-16(2)9-12-23-14-21(17-7-3-4-8-18(17)23)13-19(25-15-21)20(24)22-10-5-6-11-22/h3-4,7-8,16,19H,5-6,9-15H2,1-2H3/t19-,21+/m0/s1. The van der Waals surface area contributed by atoms with Gasteiger partial charge in [-0.05, 0) is 43.2 Å². The molecule has 0 N–H and O–H groups in total. The van der Waals surface area contributed by atoms with Gasteiger partial charge in [-0.2, -0.15) is 0 Å². The molecule has 1 spiro atoms. The average molecular weight is 342 g/mol. The number of fused-ring (bicyclic) bond motifs is 2. The molecule has 2 saturated heterocycles. The second-order valence-electron chi connectivity index (χ2n) is 8.44. The molecule has 1 aromatic rings. The second kappa shape index (κ2) is 6.64. The van der Waals surface area contributed by atoms with Crippen molar-refractivity contribution in [2.24, 2.45) is 5.92 Å². The topological polar surface area (TPSA) is 32.8 Å². The van der Waals surface area contributed by atoms with Crippen LogP contribution in [0.15, 0.2) is 24.3 Å². The Balaban J connectivity index is 1.53.